The van der Waals surface area contributed by atoms with Crippen LogP contribution in [-0.4, -0.2) is 5.11 Å². The van der Waals surface area contributed by atoms with Crippen LogP contribution in [0, 0.1) is 17.7 Å². The summed E-state index contributed by atoms with van der Waals surface area (Å²) in [6, 6.07) is 6.46. The summed E-state index contributed by atoms with van der Waals surface area (Å²) in [6.45, 7) is 4.26. The molecule has 0 saturated heterocycles. The third-order valence-electron chi connectivity index (χ3n) is 4.55. The molecule has 100 valence electrons. The molecule has 1 N–H and O–H groups in total. The van der Waals surface area contributed by atoms with Crippen molar-refractivity contribution in [1.82, 2.24) is 0 Å². The van der Waals surface area contributed by atoms with E-state index in [4.69, 9.17) is 0 Å². The molecule has 1 nitrogen and oxygen atoms in total. The Kier molecular flexibility index (Phi) is 4.06. The molecule has 1 aromatic carbocycles. The molecule has 1 aliphatic carbocycles. The Bertz CT molecular complexity index is 396. The molecular formula is C16H23FO. The monoisotopic (exact) mass is 250 g/mol. The Morgan fingerprint density at radius 2 is 1.94 bits per heavy atom. The van der Waals surface area contributed by atoms with Crippen molar-refractivity contribution in [2.45, 2.75) is 51.6 Å². The summed E-state index contributed by atoms with van der Waals surface area (Å²) in [7, 11) is 0. The minimum atomic E-state index is -0.859. The van der Waals surface area contributed by atoms with E-state index in [-0.39, 0.29) is 11.7 Å². The van der Waals surface area contributed by atoms with Gasteiger partial charge in [-0.05, 0) is 48.8 Å². The van der Waals surface area contributed by atoms with Crippen LogP contribution in [0.3, 0.4) is 0 Å². The Morgan fingerprint density at radius 3 is 2.50 bits per heavy atom. The Labute approximate surface area is 109 Å². The summed E-state index contributed by atoms with van der Waals surface area (Å²) in [5.74, 6) is 0.763. The zero-order chi connectivity index (χ0) is 13.2. The maximum atomic E-state index is 13.4. The van der Waals surface area contributed by atoms with E-state index in [1.807, 2.05) is 13.0 Å². The molecular weight excluding hydrogens is 227 g/mol. The molecule has 2 heteroatoms. The van der Waals surface area contributed by atoms with Gasteiger partial charge in [0.25, 0.3) is 0 Å². The van der Waals surface area contributed by atoms with Gasteiger partial charge in [-0.3, -0.25) is 0 Å². The molecule has 1 aromatic rings. The lowest BCUT2D eigenvalue weighted by molar-refractivity contribution is -0.0467. The van der Waals surface area contributed by atoms with Crippen LogP contribution in [0.5, 0.6) is 0 Å². The van der Waals surface area contributed by atoms with E-state index < -0.39 is 5.60 Å². The van der Waals surface area contributed by atoms with Crippen molar-refractivity contribution in [3.63, 3.8) is 0 Å². The molecule has 18 heavy (non-hydrogen) atoms. The van der Waals surface area contributed by atoms with Crippen LogP contribution in [0.25, 0.3) is 0 Å². The topological polar surface area (TPSA) is 20.2 Å². The first-order chi connectivity index (χ1) is 8.56. The van der Waals surface area contributed by atoms with Gasteiger partial charge in [-0.25, -0.2) is 4.39 Å². The highest BCUT2D eigenvalue weighted by atomic mass is 19.1. The highest BCUT2D eigenvalue weighted by Gasteiger charge is 2.38. The third kappa shape index (κ3) is 2.59. The van der Waals surface area contributed by atoms with Gasteiger partial charge in [0.15, 0.2) is 0 Å². The van der Waals surface area contributed by atoms with Gasteiger partial charge in [0.2, 0.25) is 0 Å². The molecule has 1 fully saturated rings. The van der Waals surface area contributed by atoms with Crippen molar-refractivity contribution in [2.24, 2.45) is 11.8 Å². The van der Waals surface area contributed by atoms with E-state index in [0.717, 1.165) is 24.3 Å². The van der Waals surface area contributed by atoms with Crippen molar-refractivity contribution in [3.8, 4) is 0 Å². The number of benzene rings is 1. The fourth-order valence-corrected chi connectivity index (χ4v) is 3.22. The fraction of sp³-hybridized carbons (Fsp3) is 0.625. The maximum absolute atomic E-state index is 13.4. The zero-order valence-electron chi connectivity index (χ0n) is 11.3. The summed E-state index contributed by atoms with van der Waals surface area (Å²) >= 11 is 0. The molecule has 2 rings (SSSR count). The second kappa shape index (κ2) is 5.40. The number of aliphatic hydroxyl groups is 1. The molecule has 0 spiro atoms. The average molecular weight is 250 g/mol. The minimum absolute atomic E-state index is 0.261. The predicted octanol–water partition coefficient (Wildman–Crippen LogP) is 4.25. The standard InChI is InChI=1S/C16H23FO/c1-3-16(18,13-9-7-12(2)8-10-13)14-5-4-6-15(17)11-14/h4-6,11-13,18H,3,7-10H2,1-2H3. The van der Waals surface area contributed by atoms with Gasteiger partial charge in [-0.1, -0.05) is 38.8 Å². The van der Waals surface area contributed by atoms with Crippen molar-refractivity contribution >= 4 is 0 Å². The molecule has 1 saturated carbocycles. The summed E-state index contributed by atoms with van der Waals surface area (Å²) in [5.41, 5.74) is -0.119. The van der Waals surface area contributed by atoms with Crippen molar-refractivity contribution in [3.05, 3.63) is 35.6 Å². The van der Waals surface area contributed by atoms with Crippen LogP contribution in [0.2, 0.25) is 0 Å². The van der Waals surface area contributed by atoms with Crippen LogP contribution >= 0.6 is 0 Å². The maximum Gasteiger partial charge on any atom is 0.123 e. The molecule has 0 aromatic heterocycles. The summed E-state index contributed by atoms with van der Waals surface area (Å²) in [4.78, 5) is 0. The predicted molar refractivity (Wildman–Crippen MR) is 71.7 cm³/mol. The quantitative estimate of drug-likeness (QED) is 0.850. The van der Waals surface area contributed by atoms with Gasteiger partial charge in [-0.15, -0.1) is 0 Å². The molecule has 0 amide bonds. The summed E-state index contributed by atoms with van der Waals surface area (Å²) in [6.07, 6.45) is 5.07. The number of hydrogen-bond acceptors (Lipinski definition) is 1. The lowest BCUT2D eigenvalue weighted by Crippen LogP contribution is -2.36. The van der Waals surface area contributed by atoms with Crippen molar-refractivity contribution in [2.75, 3.05) is 0 Å². The number of rotatable bonds is 3. The first-order valence-corrected chi connectivity index (χ1v) is 7.04. The van der Waals surface area contributed by atoms with Crippen LogP contribution in [-0.2, 0) is 5.60 Å². The molecule has 0 radical (unpaired) electrons. The lowest BCUT2D eigenvalue weighted by Gasteiger charge is -2.39. The van der Waals surface area contributed by atoms with Gasteiger partial charge < -0.3 is 5.11 Å². The van der Waals surface area contributed by atoms with Crippen LogP contribution in [0.1, 0.15) is 51.5 Å². The number of hydrogen-bond donors (Lipinski definition) is 1. The molecule has 0 aliphatic heterocycles. The number of halogens is 1. The highest BCUT2D eigenvalue weighted by molar-refractivity contribution is 5.24. The van der Waals surface area contributed by atoms with Gasteiger partial charge in [0.05, 0.1) is 5.60 Å². The molecule has 1 atom stereocenters. The minimum Gasteiger partial charge on any atom is -0.385 e. The second-order valence-corrected chi connectivity index (χ2v) is 5.74. The summed E-state index contributed by atoms with van der Waals surface area (Å²) < 4.78 is 13.4. The molecule has 0 bridgehead atoms. The Hall–Kier alpha value is -0.890. The second-order valence-electron chi connectivity index (χ2n) is 5.74. The van der Waals surface area contributed by atoms with E-state index in [9.17, 15) is 9.50 Å². The third-order valence-corrected chi connectivity index (χ3v) is 4.55. The lowest BCUT2D eigenvalue weighted by atomic mass is 9.70. The van der Waals surface area contributed by atoms with Crippen molar-refractivity contribution < 1.29 is 9.50 Å². The summed E-state index contributed by atoms with van der Waals surface area (Å²) in [5, 5.41) is 11.0. The van der Waals surface area contributed by atoms with E-state index in [1.165, 1.54) is 25.0 Å². The van der Waals surface area contributed by atoms with Crippen LogP contribution in [0.4, 0.5) is 4.39 Å². The zero-order valence-corrected chi connectivity index (χ0v) is 11.3. The van der Waals surface area contributed by atoms with Gasteiger partial charge in [0.1, 0.15) is 5.82 Å². The van der Waals surface area contributed by atoms with Crippen molar-refractivity contribution in [1.29, 1.82) is 0 Å². The van der Waals surface area contributed by atoms with Gasteiger partial charge in [-0.2, -0.15) is 0 Å². The van der Waals surface area contributed by atoms with E-state index in [1.54, 1.807) is 6.07 Å². The Balaban J connectivity index is 2.24. The SMILES string of the molecule is CCC(O)(c1cccc(F)c1)C1CCC(C)CC1. The fourth-order valence-electron chi connectivity index (χ4n) is 3.22. The molecule has 1 aliphatic rings. The van der Waals surface area contributed by atoms with E-state index in [2.05, 4.69) is 6.92 Å². The molecule has 1 unspecified atom stereocenters. The highest BCUT2D eigenvalue weighted by Crippen LogP contribution is 2.42. The van der Waals surface area contributed by atoms with Gasteiger partial charge in [0, 0.05) is 0 Å². The average Bonchev–Trinajstić information content (AvgIpc) is 2.38. The van der Waals surface area contributed by atoms with Crippen LogP contribution < -0.4 is 0 Å². The van der Waals surface area contributed by atoms with Crippen LogP contribution in [0.15, 0.2) is 24.3 Å². The largest absolute Gasteiger partial charge is 0.385 e. The van der Waals surface area contributed by atoms with E-state index in [0.29, 0.717) is 6.42 Å². The normalized spacial score (nSPS) is 27.8. The Morgan fingerprint density at radius 1 is 1.28 bits per heavy atom. The van der Waals surface area contributed by atoms with E-state index >= 15 is 0 Å². The first-order valence-electron chi connectivity index (χ1n) is 7.04. The first kappa shape index (κ1) is 13.5. The smallest absolute Gasteiger partial charge is 0.123 e. The molecule has 0 heterocycles. The van der Waals surface area contributed by atoms with Gasteiger partial charge >= 0.3 is 0 Å².